The van der Waals surface area contributed by atoms with Crippen molar-refractivity contribution in [3.63, 3.8) is 0 Å². The molecule has 0 radical (unpaired) electrons. The normalized spacial score (nSPS) is 11.5. The van der Waals surface area contributed by atoms with Crippen LogP contribution in [0.4, 0.5) is 5.69 Å². The van der Waals surface area contributed by atoms with Gasteiger partial charge in [0, 0.05) is 21.7 Å². The molecule has 0 bridgehead atoms. The lowest BCUT2D eigenvalue weighted by atomic mass is 9.85. The fourth-order valence-corrected chi connectivity index (χ4v) is 6.65. The van der Waals surface area contributed by atoms with Gasteiger partial charge in [0.15, 0.2) is 5.69 Å². The molecule has 0 N–H and O–H groups in total. The largest absolute Gasteiger partial charge is 0.247 e. The Balaban J connectivity index is 1.70. The van der Waals surface area contributed by atoms with Gasteiger partial charge in [-0.3, -0.25) is 0 Å². The van der Waals surface area contributed by atoms with E-state index in [1.54, 1.807) is 0 Å². The molecule has 1 heterocycles. The Hall–Kier alpha value is -5.78. The highest BCUT2D eigenvalue weighted by Crippen LogP contribution is 2.46. The van der Waals surface area contributed by atoms with Gasteiger partial charge in [-0.1, -0.05) is 122 Å². The number of rotatable bonds is 5. The van der Waals surface area contributed by atoms with Crippen molar-refractivity contribution in [1.82, 2.24) is 4.98 Å². The van der Waals surface area contributed by atoms with E-state index in [2.05, 4.69) is 122 Å². The van der Waals surface area contributed by atoms with Crippen molar-refractivity contribution in [2.24, 2.45) is 0 Å². The lowest BCUT2D eigenvalue weighted by Gasteiger charge is -2.20. The number of nitrogens with zero attached hydrogens (tertiary/aromatic N) is 2. The molecule has 2 heteroatoms. The van der Waals surface area contributed by atoms with Gasteiger partial charge in [-0.2, -0.15) is 0 Å². The van der Waals surface area contributed by atoms with Crippen LogP contribution in [-0.2, 0) is 0 Å². The lowest BCUT2D eigenvalue weighted by molar-refractivity contribution is 1.41. The second-order valence-corrected chi connectivity index (χ2v) is 11.1. The van der Waals surface area contributed by atoms with E-state index >= 15 is 0 Å². The zero-order valence-electron chi connectivity index (χ0n) is 24.9. The minimum Gasteiger partial charge on any atom is -0.247 e. The number of benzene rings is 6. The number of allylic oxidation sites excluding steroid dienone is 1. The van der Waals surface area contributed by atoms with E-state index in [4.69, 9.17) is 11.6 Å². The minimum atomic E-state index is 0.634. The SMILES string of the molecule is [C-]#[N+]c1ccc(-c2c3ccccc3c(-c3nc4cc(/C=C\C)c(C)cc4c4c(C=C)c(C=C)ccc34)c3ccccc23)cc1. The average Bonchev–Trinajstić information content (AvgIpc) is 3.07. The monoisotopic (exact) mass is 562 g/mol. The first-order valence-corrected chi connectivity index (χ1v) is 14.8. The van der Waals surface area contributed by atoms with Crippen molar-refractivity contribution in [2.75, 3.05) is 0 Å². The van der Waals surface area contributed by atoms with Gasteiger partial charge < -0.3 is 0 Å². The quantitative estimate of drug-likeness (QED) is 0.116. The molecule has 2 nitrogen and oxygen atoms in total. The van der Waals surface area contributed by atoms with Gasteiger partial charge in [-0.05, 0) is 80.9 Å². The Bertz CT molecular complexity index is 2330. The number of aromatic nitrogens is 1. The van der Waals surface area contributed by atoms with Gasteiger partial charge in [0.05, 0.1) is 17.8 Å². The minimum absolute atomic E-state index is 0.634. The third-order valence-electron chi connectivity index (χ3n) is 8.64. The Labute approximate surface area is 257 Å². The van der Waals surface area contributed by atoms with E-state index in [1.165, 1.54) is 5.56 Å². The van der Waals surface area contributed by atoms with Crippen molar-refractivity contribution in [3.05, 3.63) is 150 Å². The van der Waals surface area contributed by atoms with E-state index in [1.807, 2.05) is 31.2 Å². The van der Waals surface area contributed by atoms with Crippen LogP contribution < -0.4 is 0 Å². The third kappa shape index (κ3) is 4.14. The molecule has 0 aliphatic rings. The highest BCUT2D eigenvalue weighted by Gasteiger charge is 2.21. The summed E-state index contributed by atoms with van der Waals surface area (Å²) in [5.74, 6) is 0. The van der Waals surface area contributed by atoms with Gasteiger partial charge in [0.1, 0.15) is 0 Å². The highest BCUT2D eigenvalue weighted by atomic mass is 14.7. The van der Waals surface area contributed by atoms with Gasteiger partial charge in [0.25, 0.3) is 0 Å². The number of hydrogen-bond donors (Lipinski definition) is 0. The molecule has 0 saturated carbocycles. The molecule has 44 heavy (non-hydrogen) atoms. The topological polar surface area (TPSA) is 17.2 Å². The molecule has 0 unspecified atom stereocenters. The van der Waals surface area contributed by atoms with Crippen LogP contribution in [-0.4, -0.2) is 4.98 Å². The Kier molecular flexibility index (Phi) is 6.65. The van der Waals surface area contributed by atoms with Gasteiger partial charge in [-0.15, -0.1) is 0 Å². The van der Waals surface area contributed by atoms with Crippen LogP contribution in [0.3, 0.4) is 0 Å². The average molecular weight is 563 g/mol. The molecular formula is C42H30N2. The molecule has 0 atom stereocenters. The molecule has 0 aliphatic heterocycles. The summed E-state index contributed by atoms with van der Waals surface area (Å²) in [4.78, 5) is 9.10. The molecule has 0 saturated heterocycles. The maximum atomic E-state index is 7.43. The Morgan fingerprint density at radius 2 is 1.32 bits per heavy atom. The number of hydrogen-bond acceptors (Lipinski definition) is 1. The number of fused-ring (bicyclic) bond motifs is 5. The second-order valence-electron chi connectivity index (χ2n) is 11.1. The number of pyridine rings is 1. The maximum Gasteiger partial charge on any atom is 0.187 e. The molecule has 1 aromatic heterocycles. The molecule has 208 valence electrons. The van der Waals surface area contributed by atoms with Crippen LogP contribution in [0, 0.1) is 13.5 Å². The zero-order valence-corrected chi connectivity index (χ0v) is 24.9. The first-order chi connectivity index (χ1) is 21.6. The summed E-state index contributed by atoms with van der Waals surface area (Å²) in [7, 11) is 0. The Morgan fingerprint density at radius 1 is 0.682 bits per heavy atom. The van der Waals surface area contributed by atoms with E-state index < -0.39 is 0 Å². The van der Waals surface area contributed by atoms with Crippen LogP contribution in [0.5, 0.6) is 0 Å². The fraction of sp³-hybridized carbons (Fsp3) is 0.0476. The maximum absolute atomic E-state index is 7.43. The molecule has 0 fully saturated rings. The summed E-state index contributed by atoms with van der Waals surface area (Å²) < 4.78 is 0. The molecule has 0 spiro atoms. The fourth-order valence-electron chi connectivity index (χ4n) is 6.65. The van der Waals surface area contributed by atoms with E-state index in [-0.39, 0.29) is 0 Å². The second kappa shape index (κ2) is 10.8. The van der Waals surface area contributed by atoms with Crippen LogP contribution in [0.15, 0.2) is 116 Å². The summed E-state index contributed by atoms with van der Waals surface area (Å²) >= 11 is 0. The molecule has 6 aromatic carbocycles. The number of aryl methyl sites for hydroxylation is 1. The van der Waals surface area contributed by atoms with Crippen molar-refractivity contribution in [1.29, 1.82) is 0 Å². The predicted octanol–water partition coefficient (Wildman–Crippen LogP) is 12.2. The van der Waals surface area contributed by atoms with Gasteiger partial charge in [-0.25, -0.2) is 9.83 Å². The third-order valence-corrected chi connectivity index (χ3v) is 8.64. The standard InChI is InChI=1S/C42H30N2/c1-6-13-29-25-38-37(24-26(29)4)40-31(8-3)27(7-2)20-23-36(40)42(44-38)41-34-16-11-9-14-32(34)39(33-15-10-12-17-35(33)41)28-18-21-30(43-5)22-19-28/h6-25H,2-3H2,1,4H3/b13-6-. The van der Waals surface area contributed by atoms with Crippen LogP contribution in [0.1, 0.15) is 29.2 Å². The van der Waals surface area contributed by atoms with Gasteiger partial charge >= 0.3 is 0 Å². The van der Waals surface area contributed by atoms with Crippen LogP contribution in [0.25, 0.3) is 88.7 Å². The summed E-state index contributed by atoms with van der Waals surface area (Å²) in [5.41, 5.74) is 10.4. The van der Waals surface area contributed by atoms with Crippen molar-refractivity contribution in [3.8, 4) is 22.4 Å². The molecule has 0 amide bonds. The molecule has 7 rings (SSSR count). The van der Waals surface area contributed by atoms with Crippen LogP contribution in [0.2, 0.25) is 0 Å². The predicted molar refractivity (Wildman–Crippen MR) is 191 cm³/mol. The highest BCUT2D eigenvalue weighted by molar-refractivity contribution is 6.25. The lowest BCUT2D eigenvalue weighted by Crippen LogP contribution is -1.97. The van der Waals surface area contributed by atoms with Crippen LogP contribution >= 0.6 is 0 Å². The molecular weight excluding hydrogens is 532 g/mol. The van der Waals surface area contributed by atoms with E-state index in [0.717, 1.165) is 82.3 Å². The molecule has 0 aliphatic carbocycles. The zero-order chi connectivity index (χ0) is 30.4. The smallest absolute Gasteiger partial charge is 0.187 e. The summed E-state index contributed by atoms with van der Waals surface area (Å²) in [6.45, 7) is 20.0. The van der Waals surface area contributed by atoms with Crippen molar-refractivity contribution in [2.45, 2.75) is 13.8 Å². The van der Waals surface area contributed by atoms with Gasteiger partial charge in [0.2, 0.25) is 0 Å². The van der Waals surface area contributed by atoms with Crippen molar-refractivity contribution >= 4 is 67.1 Å². The Morgan fingerprint density at radius 3 is 1.89 bits per heavy atom. The van der Waals surface area contributed by atoms with E-state index in [0.29, 0.717) is 5.69 Å². The molecule has 7 aromatic rings. The van der Waals surface area contributed by atoms with Crippen molar-refractivity contribution < 1.29 is 0 Å². The summed E-state index contributed by atoms with van der Waals surface area (Å²) in [6.07, 6.45) is 8.07. The first-order valence-electron chi connectivity index (χ1n) is 14.8. The summed E-state index contributed by atoms with van der Waals surface area (Å²) in [6, 6.07) is 33.9. The van der Waals surface area contributed by atoms with E-state index in [9.17, 15) is 0 Å². The summed E-state index contributed by atoms with van der Waals surface area (Å²) in [5, 5.41) is 7.90. The first kappa shape index (κ1) is 27.1.